The van der Waals surface area contributed by atoms with Crippen molar-refractivity contribution in [2.75, 3.05) is 0 Å². The first-order valence-corrected chi connectivity index (χ1v) is 8.12. The summed E-state index contributed by atoms with van der Waals surface area (Å²) in [6.45, 7) is 4.12. The van der Waals surface area contributed by atoms with Gasteiger partial charge in [-0.2, -0.15) is 0 Å². The molecule has 4 nitrogen and oxygen atoms in total. The minimum absolute atomic E-state index is 0.0345. The zero-order chi connectivity index (χ0) is 17.3. The molecule has 5 heteroatoms. The number of allylic oxidation sites excluding steroid dienone is 3. The van der Waals surface area contributed by atoms with Crippen molar-refractivity contribution in [1.82, 2.24) is 5.32 Å². The number of carbonyl (C=O) groups is 2. The number of halogens is 1. The third-order valence-electron chi connectivity index (χ3n) is 4.01. The van der Waals surface area contributed by atoms with Crippen molar-refractivity contribution in [1.29, 1.82) is 0 Å². The molecule has 1 atom stereocenters. The van der Waals surface area contributed by atoms with Crippen LogP contribution in [-0.4, -0.2) is 17.5 Å². The summed E-state index contributed by atoms with van der Waals surface area (Å²) in [4.78, 5) is 28.2. The number of fused-ring (bicyclic) bond motifs is 1. The van der Waals surface area contributed by atoms with E-state index in [1.807, 2.05) is 12.2 Å². The number of carbonyl (C=O) groups excluding carboxylic acids is 2. The Morgan fingerprint density at radius 1 is 1.21 bits per heavy atom. The molecular weight excluding hydrogens is 324 g/mol. The minimum Gasteiger partial charge on any atom is -0.325 e. The number of hydrogen-bond acceptors (Lipinski definition) is 2. The SMILES string of the molecule is CC(C)C1=CC(=O)NC2=CC(=NC(=O)c3ccc(Cl)cc3)C=CC21. The van der Waals surface area contributed by atoms with Gasteiger partial charge in [-0.1, -0.05) is 31.5 Å². The van der Waals surface area contributed by atoms with Gasteiger partial charge >= 0.3 is 0 Å². The lowest BCUT2D eigenvalue weighted by molar-refractivity contribution is -0.116. The maximum atomic E-state index is 12.2. The predicted octanol–water partition coefficient (Wildman–Crippen LogP) is 3.70. The molecule has 0 saturated carbocycles. The second-order valence-electron chi connectivity index (χ2n) is 6.07. The van der Waals surface area contributed by atoms with Crippen LogP contribution in [0.15, 0.2) is 64.8 Å². The Morgan fingerprint density at radius 2 is 1.92 bits per heavy atom. The molecule has 1 aromatic rings. The van der Waals surface area contributed by atoms with Crippen LogP contribution in [0.1, 0.15) is 24.2 Å². The van der Waals surface area contributed by atoms with Crippen molar-refractivity contribution in [2.45, 2.75) is 13.8 Å². The van der Waals surface area contributed by atoms with Crippen molar-refractivity contribution in [3.8, 4) is 0 Å². The number of hydrogen-bond donors (Lipinski definition) is 1. The summed E-state index contributed by atoms with van der Waals surface area (Å²) in [6.07, 6.45) is 7.19. The van der Waals surface area contributed by atoms with Crippen molar-refractivity contribution in [2.24, 2.45) is 16.8 Å². The molecule has 0 radical (unpaired) electrons. The van der Waals surface area contributed by atoms with Crippen LogP contribution in [0.25, 0.3) is 0 Å². The molecule has 2 aliphatic rings. The summed E-state index contributed by atoms with van der Waals surface area (Å²) in [5.41, 5.74) is 2.81. The summed E-state index contributed by atoms with van der Waals surface area (Å²) in [7, 11) is 0. The van der Waals surface area contributed by atoms with E-state index in [-0.39, 0.29) is 23.7 Å². The minimum atomic E-state index is -0.344. The van der Waals surface area contributed by atoms with E-state index in [9.17, 15) is 9.59 Å². The van der Waals surface area contributed by atoms with Gasteiger partial charge in [0.2, 0.25) is 5.91 Å². The van der Waals surface area contributed by atoms with Gasteiger partial charge in [0.25, 0.3) is 5.91 Å². The van der Waals surface area contributed by atoms with Crippen LogP contribution >= 0.6 is 11.6 Å². The van der Waals surface area contributed by atoms with Crippen LogP contribution in [0, 0.1) is 11.8 Å². The molecule has 122 valence electrons. The summed E-state index contributed by atoms with van der Waals surface area (Å²) in [5.74, 6) is -0.182. The highest BCUT2D eigenvalue weighted by atomic mass is 35.5. The molecule has 0 spiro atoms. The van der Waals surface area contributed by atoms with Crippen LogP contribution in [0.5, 0.6) is 0 Å². The summed E-state index contributed by atoms with van der Waals surface area (Å²) >= 11 is 5.82. The molecule has 1 N–H and O–H groups in total. The van der Waals surface area contributed by atoms with Crippen LogP contribution in [0.2, 0.25) is 5.02 Å². The number of aliphatic imine (C=N–C) groups is 1. The largest absolute Gasteiger partial charge is 0.325 e. The fourth-order valence-corrected chi connectivity index (χ4v) is 2.92. The van der Waals surface area contributed by atoms with Crippen molar-refractivity contribution in [3.63, 3.8) is 0 Å². The number of amides is 2. The van der Waals surface area contributed by atoms with Gasteiger partial charge < -0.3 is 5.32 Å². The van der Waals surface area contributed by atoms with E-state index >= 15 is 0 Å². The lowest BCUT2D eigenvalue weighted by atomic mass is 9.82. The average molecular weight is 341 g/mol. The molecule has 0 saturated heterocycles. The predicted molar refractivity (Wildman–Crippen MR) is 95.0 cm³/mol. The number of rotatable bonds is 2. The van der Waals surface area contributed by atoms with E-state index < -0.39 is 0 Å². The van der Waals surface area contributed by atoms with Crippen LogP contribution < -0.4 is 5.32 Å². The molecule has 0 fully saturated rings. The molecule has 1 heterocycles. The fourth-order valence-electron chi connectivity index (χ4n) is 2.79. The molecule has 0 aromatic heterocycles. The fraction of sp³-hybridized carbons (Fsp3) is 0.211. The quantitative estimate of drug-likeness (QED) is 0.892. The first-order valence-electron chi connectivity index (χ1n) is 7.75. The Kier molecular flexibility index (Phi) is 4.49. The highest BCUT2D eigenvalue weighted by Crippen LogP contribution is 2.31. The van der Waals surface area contributed by atoms with Gasteiger partial charge in [0, 0.05) is 28.3 Å². The van der Waals surface area contributed by atoms with Gasteiger partial charge in [0.15, 0.2) is 0 Å². The second-order valence-corrected chi connectivity index (χ2v) is 6.51. The highest BCUT2D eigenvalue weighted by Gasteiger charge is 2.27. The summed E-state index contributed by atoms with van der Waals surface area (Å²) < 4.78 is 0. The molecule has 1 aromatic carbocycles. The van der Waals surface area contributed by atoms with Gasteiger partial charge in [-0.3, -0.25) is 9.59 Å². The average Bonchev–Trinajstić information content (AvgIpc) is 2.54. The summed E-state index contributed by atoms with van der Waals surface area (Å²) in [6, 6.07) is 6.58. The maximum absolute atomic E-state index is 12.2. The molecule has 1 aliphatic carbocycles. The van der Waals surface area contributed by atoms with Gasteiger partial charge in [-0.25, -0.2) is 4.99 Å². The number of benzene rings is 1. The molecule has 1 unspecified atom stereocenters. The lowest BCUT2D eigenvalue weighted by Crippen LogP contribution is -2.34. The number of nitrogens with one attached hydrogen (secondary N) is 1. The van der Waals surface area contributed by atoms with Crippen LogP contribution in [0.4, 0.5) is 0 Å². The Morgan fingerprint density at radius 3 is 2.58 bits per heavy atom. The topological polar surface area (TPSA) is 58.5 Å². The smallest absolute Gasteiger partial charge is 0.277 e. The maximum Gasteiger partial charge on any atom is 0.277 e. The van der Waals surface area contributed by atoms with E-state index in [1.54, 1.807) is 36.4 Å². The first-order chi connectivity index (χ1) is 11.4. The third-order valence-corrected chi connectivity index (χ3v) is 4.26. The second kappa shape index (κ2) is 6.57. The van der Waals surface area contributed by atoms with Gasteiger partial charge in [-0.05, 0) is 47.9 Å². The van der Waals surface area contributed by atoms with Crippen molar-refractivity contribution >= 4 is 29.1 Å². The third kappa shape index (κ3) is 3.39. The van der Waals surface area contributed by atoms with Gasteiger partial charge in [0.05, 0.1) is 5.71 Å². The zero-order valence-corrected chi connectivity index (χ0v) is 14.2. The number of nitrogens with zero attached hydrogens (tertiary/aromatic N) is 1. The van der Waals surface area contributed by atoms with Crippen molar-refractivity contribution < 1.29 is 9.59 Å². The zero-order valence-electron chi connectivity index (χ0n) is 13.4. The van der Waals surface area contributed by atoms with E-state index in [1.165, 1.54) is 0 Å². The standard InChI is InChI=1S/C19H17ClN2O2/c1-11(2)16-10-18(23)22-17-9-14(7-8-15(16)17)21-19(24)12-3-5-13(20)6-4-12/h3-11,15H,1-2H3,(H,22,23). The van der Waals surface area contributed by atoms with E-state index in [0.29, 0.717) is 16.3 Å². The lowest BCUT2D eigenvalue weighted by Gasteiger charge is -2.29. The highest BCUT2D eigenvalue weighted by molar-refractivity contribution is 6.30. The molecule has 1 aliphatic heterocycles. The molecule has 2 amide bonds. The van der Waals surface area contributed by atoms with E-state index in [4.69, 9.17) is 11.6 Å². The van der Waals surface area contributed by atoms with E-state index in [0.717, 1.165) is 11.3 Å². The Hall–Kier alpha value is -2.46. The normalized spacial score (nSPS) is 21.2. The van der Waals surface area contributed by atoms with Gasteiger partial charge in [0.1, 0.15) is 0 Å². The van der Waals surface area contributed by atoms with Crippen LogP contribution in [0.3, 0.4) is 0 Å². The molecule has 0 bridgehead atoms. The molecular formula is C19H17ClN2O2. The molecule has 24 heavy (non-hydrogen) atoms. The monoisotopic (exact) mass is 340 g/mol. The first kappa shape index (κ1) is 16.4. The Bertz CT molecular complexity index is 814. The Labute approximate surface area is 145 Å². The van der Waals surface area contributed by atoms with Crippen LogP contribution in [-0.2, 0) is 4.79 Å². The van der Waals surface area contributed by atoms with Gasteiger partial charge in [-0.15, -0.1) is 0 Å². The summed E-state index contributed by atoms with van der Waals surface area (Å²) in [5, 5.41) is 3.41. The van der Waals surface area contributed by atoms with E-state index in [2.05, 4.69) is 24.2 Å². The molecule has 3 rings (SSSR count). The Balaban J connectivity index is 1.87. The van der Waals surface area contributed by atoms with Crippen molar-refractivity contribution in [3.05, 3.63) is 70.4 Å².